The maximum Gasteiger partial charge on any atom is 0.0826 e. The Morgan fingerprint density at radius 3 is 3.00 bits per heavy atom. The van der Waals surface area contributed by atoms with Crippen LogP contribution >= 0.6 is 23.4 Å². The number of benzene rings is 1. The molecule has 0 aromatic heterocycles. The first kappa shape index (κ1) is 10.3. The van der Waals surface area contributed by atoms with Crippen LogP contribution in [0.1, 0.15) is 18.1 Å². The third-order valence-corrected chi connectivity index (χ3v) is 4.02. The summed E-state index contributed by atoms with van der Waals surface area (Å²) in [4.78, 5) is 0. The zero-order valence-corrected chi connectivity index (χ0v) is 9.39. The van der Waals surface area contributed by atoms with Crippen LogP contribution < -0.4 is 0 Å². The highest BCUT2D eigenvalue weighted by molar-refractivity contribution is 7.99. The molecule has 1 heterocycles. The monoisotopic (exact) mass is 228 g/mol. The molecule has 0 amide bonds. The smallest absolute Gasteiger partial charge is 0.0826 e. The van der Waals surface area contributed by atoms with E-state index in [1.807, 2.05) is 36.0 Å². The first-order valence-corrected chi connectivity index (χ1v) is 6.32. The van der Waals surface area contributed by atoms with Gasteiger partial charge >= 0.3 is 0 Å². The van der Waals surface area contributed by atoms with Crippen LogP contribution in [0.3, 0.4) is 0 Å². The lowest BCUT2D eigenvalue weighted by atomic mass is 9.95. The zero-order chi connectivity index (χ0) is 9.97. The molecular formula is C11H13ClOS. The van der Waals surface area contributed by atoms with Crippen molar-refractivity contribution >= 4 is 23.4 Å². The van der Waals surface area contributed by atoms with Crippen molar-refractivity contribution in [1.82, 2.24) is 0 Å². The van der Waals surface area contributed by atoms with Crippen LogP contribution in [0.2, 0.25) is 5.02 Å². The predicted octanol–water partition coefficient (Wildman–Crippen LogP) is 3.13. The second kappa shape index (κ2) is 4.56. The SMILES string of the molecule is OC(c1cccc(Cl)c1)C1CCSC1. The molecular weight excluding hydrogens is 216 g/mol. The Hall–Kier alpha value is -0.180. The lowest BCUT2D eigenvalue weighted by Crippen LogP contribution is -2.11. The predicted molar refractivity (Wildman–Crippen MR) is 61.8 cm³/mol. The average molecular weight is 229 g/mol. The number of hydrogen-bond donors (Lipinski definition) is 1. The van der Waals surface area contributed by atoms with Gasteiger partial charge in [-0.05, 0) is 41.5 Å². The van der Waals surface area contributed by atoms with Crippen molar-refractivity contribution in [2.75, 3.05) is 11.5 Å². The molecule has 2 atom stereocenters. The van der Waals surface area contributed by atoms with E-state index in [-0.39, 0.29) is 6.10 Å². The van der Waals surface area contributed by atoms with Gasteiger partial charge in [-0.3, -0.25) is 0 Å². The average Bonchev–Trinajstić information content (AvgIpc) is 2.69. The topological polar surface area (TPSA) is 20.2 Å². The molecule has 1 aromatic carbocycles. The Labute approximate surface area is 93.5 Å². The fourth-order valence-corrected chi connectivity index (χ4v) is 3.25. The minimum atomic E-state index is -0.344. The molecule has 0 saturated carbocycles. The van der Waals surface area contributed by atoms with Crippen molar-refractivity contribution < 1.29 is 5.11 Å². The molecule has 0 aliphatic carbocycles. The summed E-state index contributed by atoms with van der Waals surface area (Å²) in [6.45, 7) is 0. The largest absolute Gasteiger partial charge is 0.388 e. The summed E-state index contributed by atoms with van der Waals surface area (Å²) < 4.78 is 0. The van der Waals surface area contributed by atoms with Crippen LogP contribution in [0, 0.1) is 5.92 Å². The molecule has 76 valence electrons. The lowest BCUT2D eigenvalue weighted by molar-refractivity contribution is 0.121. The summed E-state index contributed by atoms with van der Waals surface area (Å²) >= 11 is 7.80. The quantitative estimate of drug-likeness (QED) is 0.840. The molecule has 3 heteroatoms. The summed E-state index contributed by atoms with van der Waals surface area (Å²) in [7, 11) is 0. The van der Waals surface area contributed by atoms with Crippen molar-refractivity contribution in [3.63, 3.8) is 0 Å². The highest BCUT2D eigenvalue weighted by Gasteiger charge is 2.24. The van der Waals surface area contributed by atoms with Gasteiger partial charge in [0.25, 0.3) is 0 Å². The number of rotatable bonds is 2. The van der Waals surface area contributed by atoms with E-state index in [1.54, 1.807) is 0 Å². The normalized spacial score (nSPS) is 23.7. The van der Waals surface area contributed by atoms with E-state index in [4.69, 9.17) is 11.6 Å². The molecule has 2 rings (SSSR count). The van der Waals surface area contributed by atoms with Gasteiger partial charge in [0.2, 0.25) is 0 Å². The Morgan fingerprint density at radius 2 is 2.36 bits per heavy atom. The molecule has 1 aliphatic rings. The van der Waals surface area contributed by atoms with Gasteiger partial charge in [0.05, 0.1) is 6.10 Å². The Morgan fingerprint density at radius 1 is 1.50 bits per heavy atom. The molecule has 1 saturated heterocycles. The van der Waals surface area contributed by atoms with Crippen LogP contribution in [0.15, 0.2) is 24.3 Å². The first-order chi connectivity index (χ1) is 6.77. The van der Waals surface area contributed by atoms with Gasteiger partial charge in [0, 0.05) is 5.02 Å². The molecule has 1 N–H and O–H groups in total. The fraction of sp³-hybridized carbons (Fsp3) is 0.455. The number of thioether (sulfide) groups is 1. The van der Waals surface area contributed by atoms with Gasteiger partial charge < -0.3 is 5.11 Å². The van der Waals surface area contributed by atoms with Gasteiger partial charge in [0.15, 0.2) is 0 Å². The van der Waals surface area contributed by atoms with E-state index >= 15 is 0 Å². The van der Waals surface area contributed by atoms with E-state index in [0.717, 1.165) is 17.7 Å². The minimum Gasteiger partial charge on any atom is -0.388 e. The standard InChI is InChI=1S/C11H13ClOS/c12-10-3-1-2-8(6-10)11(13)9-4-5-14-7-9/h1-3,6,9,11,13H,4-5,7H2. The molecule has 1 aromatic rings. The van der Waals surface area contributed by atoms with E-state index in [1.165, 1.54) is 5.75 Å². The molecule has 1 fully saturated rings. The summed E-state index contributed by atoms with van der Waals surface area (Å²) in [6, 6.07) is 7.53. The Kier molecular flexibility index (Phi) is 3.37. The molecule has 2 unspecified atom stereocenters. The number of aliphatic hydroxyl groups is 1. The maximum absolute atomic E-state index is 10.1. The van der Waals surface area contributed by atoms with E-state index in [0.29, 0.717) is 10.9 Å². The van der Waals surface area contributed by atoms with Gasteiger partial charge in [-0.25, -0.2) is 0 Å². The van der Waals surface area contributed by atoms with Gasteiger partial charge in [-0.2, -0.15) is 11.8 Å². The van der Waals surface area contributed by atoms with Gasteiger partial charge in [-0.1, -0.05) is 23.7 Å². The van der Waals surface area contributed by atoms with E-state index < -0.39 is 0 Å². The van der Waals surface area contributed by atoms with Crippen LogP contribution in [-0.4, -0.2) is 16.6 Å². The Bertz CT molecular complexity index is 310. The molecule has 0 bridgehead atoms. The third-order valence-electron chi connectivity index (χ3n) is 2.60. The highest BCUT2D eigenvalue weighted by Crippen LogP contribution is 2.34. The molecule has 14 heavy (non-hydrogen) atoms. The lowest BCUT2D eigenvalue weighted by Gasteiger charge is -2.17. The van der Waals surface area contributed by atoms with Crippen molar-refractivity contribution in [2.24, 2.45) is 5.92 Å². The number of halogens is 1. The highest BCUT2D eigenvalue weighted by atomic mass is 35.5. The molecule has 0 spiro atoms. The van der Waals surface area contributed by atoms with Crippen LogP contribution in [0.4, 0.5) is 0 Å². The second-order valence-corrected chi connectivity index (χ2v) is 5.21. The van der Waals surface area contributed by atoms with Crippen molar-refractivity contribution in [1.29, 1.82) is 0 Å². The Balaban J connectivity index is 2.13. The van der Waals surface area contributed by atoms with Crippen LogP contribution in [0.25, 0.3) is 0 Å². The van der Waals surface area contributed by atoms with Gasteiger partial charge in [0.1, 0.15) is 0 Å². The summed E-state index contributed by atoms with van der Waals surface area (Å²) in [5.41, 5.74) is 0.949. The number of aliphatic hydroxyl groups excluding tert-OH is 1. The van der Waals surface area contributed by atoms with Crippen molar-refractivity contribution in [3.8, 4) is 0 Å². The third kappa shape index (κ3) is 2.25. The maximum atomic E-state index is 10.1. The molecule has 1 aliphatic heterocycles. The number of hydrogen-bond acceptors (Lipinski definition) is 2. The summed E-state index contributed by atoms with van der Waals surface area (Å²) in [5.74, 6) is 2.63. The minimum absolute atomic E-state index is 0.344. The summed E-state index contributed by atoms with van der Waals surface area (Å²) in [6.07, 6.45) is 0.766. The van der Waals surface area contributed by atoms with Crippen LogP contribution in [-0.2, 0) is 0 Å². The fourth-order valence-electron chi connectivity index (χ4n) is 1.76. The van der Waals surface area contributed by atoms with E-state index in [9.17, 15) is 5.11 Å². The summed E-state index contributed by atoms with van der Waals surface area (Å²) in [5, 5.41) is 10.8. The second-order valence-electron chi connectivity index (χ2n) is 3.62. The first-order valence-electron chi connectivity index (χ1n) is 4.78. The van der Waals surface area contributed by atoms with Crippen LogP contribution in [0.5, 0.6) is 0 Å². The van der Waals surface area contributed by atoms with Crippen molar-refractivity contribution in [2.45, 2.75) is 12.5 Å². The molecule has 0 radical (unpaired) electrons. The molecule has 1 nitrogen and oxygen atoms in total. The van der Waals surface area contributed by atoms with Gasteiger partial charge in [-0.15, -0.1) is 0 Å². The zero-order valence-electron chi connectivity index (χ0n) is 7.82. The van der Waals surface area contributed by atoms with E-state index in [2.05, 4.69) is 0 Å². The van der Waals surface area contributed by atoms with Crippen molar-refractivity contribution in [3.05, 3.63) is 34.9 Å².